The van der Waals surface area contributed by atoms with E-state index in [1.165, 1.54) is 36.9 Å². The van der Waals surface area contributed by atoms with Gasteiger partial charge in [0.15, 0.2) is 0 Å². The van der Waals surface area contributed by atoms with Crippen LogP contribution in [0.4, 0.5) is 5.69 Å². The molecule has 2 aliphatic carbocycles. The molecule has 1 aromatic heterocycles. The minimum absolute atomic E-state index is 0.694. The average Bonchev–Trinajstić information content (AvgIpc) is 3.30. The van der Waals surface area contributed by atoms with Gasteiger partial charge in [0.05, 0.1) is 18.5 Å². The van der Waals surface area contributed by atoms with E-state index in [4.69, 9.17) is 4.74 Å². The molecule has 0 aliphatic heterocycles. The second-order valence-corrected chi connectivity index (χ2v) is 5.58. The van der Waals surface area contributed by atoms with E-state index in [1.54, 1.807) is 7.11 Å². The zero-order chi connectivity index (χ0) is 13.1. The molecular weight excluding hydrogens is 238 g/mol. The van der Waals surface area contributed by atoms with Crippen molar-refractivity contribution >= 4 is 5.69 Å². The predicted molar refractivity (Wildman–Crippen MR) is 76.3 cm³/mol. The van der Waals surface area contributed by atoms with Gasteiger partial charge in [-0.15, -0.1) is 0 Å². The summed E-state index contributed by atoms with van der Waals surface area (Å²) in [6.07, 6.45) is 9.17. The first-order valence-corrected chi connectivity index (χ1v) is 7.30. The van der Waals surface area contributed by atoms with Gasteiger partial charge in [-0.25, -0.2) is 0 Å². The lowest BCUT2D eigenvalue weighted by atomic mass is 10.2. The molecule has 2 saturated carbocycles. The third-order valence-electron chi connectivity index (χ3n) is 3.88. The Labute approximate surface area is 115 Å². The summed E-state index contributed by atoms with van der Waals surface area (Å²) in [5.74, 6) is 0. The van der Waals surface area contributed by atoms with Crippen molar-refractivity contribution in [2.45, 2.75) is 44.3 Å². The van der Waals surface area contributed by atoms with Gasteiger partial charge in [-0.05, 0) is 37.3 Å². The Morgan fingerprint density at radius 2 is 2.21 bits per heavy atom. The minimum Gasteiger partial charge on any atom is -0.383 e. The van der Waals surface area contributed by atoms with E-state index in [9.17, 15) is 0 Å². The van der Waals surface area contributed by atoms with Crippen LogP contribution in [0.2, 0.25) is 0 Å². The number of hydrogen-bond acceptors (Lipinski definition) is 4. The molecule has 104 valence electrons. The van der Waals surface area contributed by atoms with Gasteiger partial charge in [-0.3, -0.25) is 4.98 Å². The van der Waals surface area contributed by atoms with Crippen LogP contribution in [0.15, 0.2) is 18.5 Å². The maximum absolute atomic E-state index is 5.24. The lowest BCUT2D eigenvalue weighted by Gasteiger charge is -2.26. The van der Waals surface area contributed by atoms with Crippen molar-refractivity contribution in [3.05, 3.63) is 24.0 Å². The summed E-state index contributed by atoms with van der Waals surface area (Å²) in [5, 5.41) is 3.60. The van der Waals surface area contributed by atoms with Gasteiger partial charge in [0.25, 0.3) is 0 Å². The molecule has 0 amide bonds. The molecule has 2 aliphatic rings. The lowest BCUT2D eigenvalue weighted by Crippen LogP contribution is -2.31. The number of pyridine rings is 1. The van der Waals surface area contributed by atoms with Crippen molar-refractivity contribution < 1.29 is 4.74 Å². The van der Waals surface area contributed by atoms with Crippen LogP contribution in [0.3, 0.4) is 0 Å². The predicted octanol–water partition coefficient (Wildman–Crippen LogP) is 1.95. The Hall–Kier alpha value is -1.13. The first kappa shape index (κ1) is 12.9. The number of rotatable bonds is 8. The number of methoxy groups -OCH3 is 1. The number of aromatic nitrogens is 1. The summed E-state index contributed by atoms with van der Waals surface area (Å²) < 4.78 is 5.24. The van der Waals surface area contributed by atoms with Gasteiger partial charge in [-0.1, -0.05) is 0 Å². The van der Waals surface area contributed by atoms with Crippen LogP contribution >= 0.6 is 0 Å². The standard InChI is InChI=1S/C15H23N3O/c1-19-9-8-18(14-4-5-14)15-11-16-7-6-12(15)10-17-13-2-3-13/h6-7,11,13-14,17H,2-5,8-10H2,1H3. The van der Waals surface area contributed by atoms with Crippen molar-refractivity contribution in [1.82, 2.24) is 10.3 Å². The molecule has 0 radical (unpaired) electrons. The summed E-state index contributed by atoms with van der Waals surface area (Å²) in [6.45, 7) is 2.70. The summed E-state index contributed by atoms with van der Waals surface area (Å²) in [5.41, 5.74) is 2.65. The van der Waals surface area contributed by atoms with Crippen LogP contribution in [-0.2, 0) is 11.3 Å². The van der Waals surface area contributed by atoms with E-state index >= 15 is 0 Å². The molecule has 1 N–H and O–H groups in total. The highest BCUT2D eigenvalue weighted by Crippen LogP contribution is 2.33. The quantitative estimate of drug-likeness (QED) is 0.776. The van der Waals surface area contributed by atoms with Crippen molar-refractivity contribution in [3.8, 4) is 0 Å². The van der Waals surface area contributed by atoms with E-state index in [0.717, 1.165) is 25.7 Å². The molecule has 4 heteroatoms. The van der Waals surface area contributed by atoms with Crippen LogP contribution in [0.25, 0.3) is 0 Å². The van der Waals surface area contributed by atoms with Gasteiger partial charge in [0.1, 0.15) is 0 Å². The molecule has 19 heavy (non-hydrogen) atoms. The monoisotopic (exact) mass is 261 g/mol. The van der Waals surface area contributed by atoms with E-state index in [2.05, 4.69) is 21.3 Å². The molecule has 3 rings (SSSR count). The Balaban J connectivity index is 1.71. The summed E-state index contributed by atoms with van der Waals surface area (Å²) >= 11 is 0. The number of hydrogen-bond donors (Lipinski definition) is 1. The fourth-order valence-electron chi connectivity index (χ4n) is 2.44. The van der Waals surface area contributed by atoms with Crippen molar-refractivity contribution in [2.75, 3.05) is 25.2 Å². The zero-order valence-corrected chi connectivity index (χ0v) is 11.6. The second kappa shape index (κ2) is 5.88. The van der Waals surface area contributed by atoms with Crippen molar-refractivity contribution in [3.63, 3.8) is 0 Å². The number of anilines is 1. The van der Waals surface area contributed by atoms with Gasteiger partial charge in [-0.2, -0.15) is 0 Å². The minimum atomic E-state index is 0.694. The van der Waals surface area contributed by atoms with Gasteiger partial charge in [0.2, 0.25) is 0 Å². The molecule has 0 bridgehead atoms. The lowest BCUT2D eigenvalue weighted by molar-refractivity contribution is 0.205. The average molecular weight is 261 g/mol. The van der Waals surface area contributed by atoms with Crippen LogP contribution in [0.5, 0.6) is 0 Å². The highest BCUT2D eigenvalue weighted by Gasteiger charge is 2.30. The number of nitrogens with one attached hydrogen (secondary N) is 1. The van der Waals surface area contributed by atoms with Gasteiger partial charge >= 0.3 is 0 Å². The number of nitrogens with zero attached hydrogens (tertiary/aromatic N) is 2. The highest BCUT2D eigenvalue weighted by molar-refractivity contribution is 5.53. The molecular formula is C15H23N3O. The molecule has 1 aromatic rings. The third kappa shape index (κ3) is 3.45. The summed E-state index contributed by atoms with van der Waals surface area (Å²) in [7, 11) is 1.77. The fraction of sp³-hybridized carbons (Fsp3) is 0.667. The molecule has 0 unspecified atom stereocenters. The SMILES string of the molecule is COCCN(c1cnccc1CNC1CC1)C1CC1. The second-order valence-electron chi connectivity index (χ2n) is 5.58. The maximum atomic E-state index is 5.24. The van der Waals surface area contributed by atoms with Crippen LogP contribution in [0.1, 0.15) is 31.2 Å². The zero-order valence-electron chi connectivity index (χ0n) is 11.6. The van der Waals surface area contributed by atoms with Gasteiger partial charge in [0, 0.05) is 38.5 Å². The molecule has 4 nitrogen and oxygen atoms in total. The Bertz CT molecular complexity index is 416. The Morgan fingerprint density at radius 1 is 1.37 bits per heavy atom. The van der Waals surface area contributed by atoms with E-state index in [0.29, 0.717) is 6.04 Å². The third-order valence-corrected chi connectivity index (χ3v) is 3.88. The molecule has 0 aromatic carbocycles. The smallest absolute Gasteiger partial charge is 0.0637 e. The molecule has 1 heterocycles. The Morgan fingerprint density at radius 3 is 2.89 bits per heavy atom. The Kier molecular flexibility index (Phi) is 3.99. The summed E-state index contributed by atoms with van der Waals surface area (Å²) in [4.78, 5) is 6.79. The van der Waals surface area contributed by atoms with Crippen LogP contribution in [0, 0.1) is 0 Å². The largest absolute Gasteiger partial charge is 0.383 e. The summed E-state index contributed by atoms with van der Waals surface area (Å²) in [6, 6.07) is 3.58. The van der Waals surface area contributed by atoms with Crippen LogP contribution < -0.4 is 10.2 Å². The molecule has 0 saturated heterocycles. The van der Waals surface area contributed by atoms with E-state index < -0.39 is 0 Å². The first-order valence-electron chi connectivity index (χ1n) is 7.30. The maximum Gasteiger partial charge on any atom is 0.0637 e. The fourth-order valence-corrected chi connectivity index (χ4v) is 2.44. The normalized spacial score (nSPS) is 18.6. The topological polar surface area (TPSA) is 37.4 Å². The molecule has 2 fully saturated rings. The number of ether oxygens (including phenoxy) is 1. The molecule has 0 spiro atoms. The van der Waals surface area contributed by atoms with Gasteiger partial charge < -0.3 is 15.0 Å². The van der Waals surface area contributed by atoms with Crippen molar-refractivity contribution in [1.29, 1.82) is 0 Å². The van der Waals surface area contributed by atoms with E-state index in [-0.39, 0.29) is 0 Å². The van der Waals surface area contributed by atoms with Crippen LogP contribution in [-0.4, -0.2) is 37.3 Å². The molecule has 0 atom stereocenters. The highest BCUT2D eigenvalue weighted by atomic mass is 16.5. The van der Waals surface area contributed by atoms with Crippen molar-refractivity contribution in [2.24, 2.45) is 0 Å². The van der Waals surface area contributed by atoms with E-state index in [1.807, 2.05) is 12.4 Å². The first-order chi connectivity index (χ1) is 9.38.